The highest BCUT2D eigenvalue weighted by Gasteiger charge is 2.22. The zero-order chi connectivity index (χ0) is 15.3. The van der Waals surface area contributed by atoms with Gasteiger partial charge < -0.3 is 10.5 Å². The van der Waals surface area contributed by atoms with Gasteiger partial charge in [-0.2, -0.15) is 5.26 Å². The van der Waals surface area contributed by atoms with Gasteiger partial charge in [0.15, 0.2) is 0 Å². The van der Waals surface area contributed by atoms with Crippen molar-refractivity contribution >= 4 is 0 Å². The summed E-state index contributed by atoms with van der Waals surface area (Å²) in [4.78, 5) is 0. The summed E-state index contributed by atoms with van der Waals surface area (Å²) in [7, 11) is 0. The maximum Gasteiger partial charge on any atom is 0.127 e. The van der Waals surface area contributed by atoms with Gasteiger partial charge in [0.25, 0.3) is 0 Å². The Labute approximate surface area is 126 Å². The quantitative estimate of drug-likeness (QED) is 0.907. The van der Waals surface area contributed by atoms with Crippen molar-refractivity contribution in [3.8, 4) is 22.9 Å². The van der Waals surface area contributed by atoms with Crippen molar-refractivity contribution in [3.63, 3.8) is 0 Å². The van der Waals surface area contributed by atoms with E-state index in [-0.39, 0.29) is 6.10 Å². The van der Waals surface area contributed by atoms with E-state index in [0.717, 1.165) is 16.9 Å². The molecule has 0 fully saturated rings. The van der Waals surface area contributed by atoms with Gasteiger partial charge in [0.05, 0.1) is 12.2 Å². The molecule has 0 saturated heterocycles. The highest BCUT2D eigenvalue weighted by molar-refractivity contribution is 5.70. The summed E-state index contributed by atoms with van der Waals surface area (Å²) in [5.74, 6) is 0.810. The molecule has 0 saturated carbocycles. The molecule has 2 aromatic rings. The van der Waals surface area contributed by atoms with E-state index in [1.807, 2.05) is 49.4 Å². The van der Waals surface area contributed by atoms with Crippen molar-refractivity contribution in [3.05, 3.63) is 54.6 Å². The molecule has 0 aromatic heterocycles. The van der Waals surface area contributed by atoms with E-state index in [1.165, 1.54) is 0 Å². The van der Waals surface area contributed by atoms with Crippen molar-refractivity contribution in [2.45, 2.75) is 31.9 Å². The first kappa shape index (κ1) is 15.1. The molecule has 0 heterocycles. The summed E-state index contributed by atoms with van der Waals surface area (Å²) >= 11 is 0. The Balaban J connectivity index is 2.20. The van der Waals surface area contributed by atoms with Crippen molar-refractivity contribution in [1.82, 2.24) is 0 Å². The third-order valence-electron chi connectivity index (χ3n) is 3.27. The minimum atomic E-state index is -0.874. The number of rotatable bonds is 5. The van der Waals surface area contributed by atoms with Crippen LogP contribution in [0.4, 0.5) is 0 Å². The molecular weight excluding hydrogens is 260 g/mol. The van der Waals surface area contributed by atoms with Gasteiger partial charge in [0.2, 0.25) is 0 Å². The van der Waals surface area contributed by atoms with Crippen LogP contribution < -0.4 is 10.5 Å². The number of nitriles is 1. The van der Waals surface area contributed by atoms with E-state index >= 15 is 0 Å². The summed E-state index contributed by atoms with van der Waals surface area (Å²) in [5, 5.41) is 9.01. The predicted octanol–water partition coefficient (Wildman–Crippen LogP) is 3.75. The molecule has 0 radical (unpaired) electrons. The molecule has 0 spiro atoms. The van der Waals surface area contributed by atoms with Gasteiger partial charge in [-0.3, -0.25) is 0 Å². The van der Waals surface area contributed by atoms with Crippen molar-refractivity contribution in [2.24, 2.45) is 5.73 Å². The second-order valence-corrected chi connectivity index (χ2v) is 5.52. The van der Waals surface area contributed by atoms with Gasteiger partial charge in [0, 0.05) is 12.0 Å². The molecule has 0 aliphatic rings. The monoisotopic (exact) mass is 280 g/mol. The standard InChI is InChI=1S/C18H20N2O/c1-14(12-18(2,20)13-19)21-17-11-7-6-10-16(17)15-8-4-3-5-9-15/h3-11,14H,12,20H2,1-2H3. The van der Waals surface area contributed by atoms with Crippen LogP contribution in [0, 0.1) is 11.3 Å². The van der Waals surface area contributed by atoms with E-state index in [9.17, 15) is 0 Å². The molecule has 3 heteroatoms. The van der Waals surface area contributed by atoms with Crippen molar-refractivity contribution in [2.75, 3.05) is 0 Å². The molecule has 21 heavy (non-hydrogen) atoms. The van der Waals surface area contributed by atoms with Crippen LogP contribution in [0.3, 0.4) is 0 Å². The van der Waals surface area contributed by atoms with Crippen LogP contribution >= 0.6 is 0 Å². The lowest BCUT2D eigenvalue weighted by atomic mass is 9.98. The molecule has 0 amide bonds. The fourth-order valence-electron chi connectivity index (χ4n) is 2.33. The van der Waals surface area contributed by atoms with Crippen LogP contribution in [0.15, 0.2) is 54.6 Å². The van der Waals surface area contributed by atoms with Gasteiger partial charge in [-0.25, -0.2) is 0 Å². The summed E-state index contributed by atoms with van der Waals surface area (Å²) in [5.41, 5.74) is 7.15. The molecular formula is C18H20N2O. The molecule has 0 bridgehead atoms. The van der Waals surface area contributed by atoms with Crippen molar-refractivity contribution in [1.29, 1.82) is 5.26 Å². The first-order valence-electron chi connectivity index (χ1n) is 7.03. The number of nitrogens with zero attached hydrogens (tertiary/aromatic N) is 1. The first-order chi connectivity index (χ1) is 10.0. The second kappa shape index (κ2) is 6.43. The summed E-state index contributed by atoms with van der Waals surface area (Å²) in [6.07, 6.45) is 0.344. The van der Waals surface area contributed by atoms with Gasteiger partial charge in [0.1, 0.15) is 11.3 Å². The van der Waals surface area contributed by atoms with Crippen LogP contribution in [0.5, 0.6) is 5.75 Å². The highest BCUT2D eigenvalue weighted by Crippen LogP contribution is 2.30. The molecule has 3 nitrogen and oxygen atoms in total. The number of ether oxygens (including phenoxy) is 1. The van der Waals surface area contributed by atoms with E-state index in [4.69, 9.17) is 15.7 Å². The van der Waals surface area contributed by atoms with Gasteiger partial charge in [-0.15, -0.1) is 0 Å². The molecule has 108 valence electrons. The Bertz CT molecular complexity index is 629. The SMILES string of the molecule is CC(CC(C)(N)C#N)Oc1ccccc1-c1ccccc1. The molecule has 2 aromatic carbocycles. The third kappa shape index (κ3) is 4.08. The van der Waals surface area contributed by atoms with E-state index in [1.54, 1.807) is 6.92 Å². The molecule has 2 N–H and O–H groups in total. The van der Waals surface area contributed by atoms with E-state index < -0.39 is 5.54 Å². The molecule has 2 rings (SSSR count). The third-order valence-corrected chi connectivity index (χ3v) is 3.27. The van der Waals surface area contributed by atoms with E-state index in [2.05, 4.69) is 18.2 Å². The summed E-state index contributed by atoms with van der Waals surface area (Å²) in [6.45, 7) is 3.65. The lowest BCUT2D eigenvalue weighted by Gasteiger charge is -2.23. The van der Waals surface area contributed by atoms with E-state index in [0.29, 0.717) is 6.42 Å². The molecule has 0 aliphatic heterocycles. The van der Waals surface area contributed by atoms with Crippen LogP contribution in [0.25, 0.3) is 11.1 Å². The maximum absolute atomic E-state index is 9.01. The zero-order valence-corrected chi connectivity index (χ0v) is 12.4. The molecule has 2 unspecified atom stereocenters. The Morgan fingerprint density at radius 1 is 1.14 bits per heavy atom. The topological polar surface area (TPSA) is 59.0 Å². The van der Waals surface area contributed by atoms with Crippen molar-refractivity contribution < 1.29 is 4.74 Å². The van der Waals surface area contributed by atoms with Crippen LogP contribution in [-0.2, 0) is 0 Å². The predicted molar refractivity (Wildman–Crippen MR) is 84.8 cm³/mol. The Hall–Kier alpha value is -2.31. The minimum Gasteiger partial charge on any atom is -0.490 e. The number of benzene rings is 2. The number of para-hydroxylation sites is 1. The lowest BCUT2D eigenvalue weighted by Crippen LogP contribution is -2.38. The maximum atomic E-state index is 9.01. The zero-order valence-electron chi connectivity index (χ0n) is 12.4. The fourth-order valence-corrected chi connectivity index (χ4v) is 2.33. The average molecular weight is 280 g/mol. The van der Waals surface area contributed by atoms with Gasteiger partial charge >= 0.3 is 0 Å². The Kier molecular flexibility index (Phi) is 4.62. The Morgan fingerprint density at radius 2 is 1.76 bits per heavy atom. The minimum absolute atomic E-state index is 0.135. The number of hydrogen-bond donors (Lipinski definition) is 1. The number of nitrogens with two attached hydrogens (primary N) is 1. The smallest absolute Gasteiger partial charge is 0.127 e. The average Bonchev–Trinajstić information content (AvgIpc) is 2.48. The summed E-state index contributed by atoms with van der Waals surface area (Å²) in [6, 6.07) is 20.1. The molecule has 2 atom stereocenters. The molecule has 0 aliphatic carbocycles. The van der Waals surface area contributed by atoms with Crippen LogP contribution in [0.2, 0.25) is 0 Å². The van der Waals surface area contributed by atoms with Gasteiger partial charge in [-0.05, 0) is 25.5 Å². The van der Waals surface area contributed by atoms with Crippen LogP contribution in [0.1, 0.15) is 20.3 Å². The normalized spacial score (nSPS) is 14.8. The Morgan fingerprint density at radius 3 is 2.43 bits per heavy atom. The van der Waals surface area contributed by atoms with Gasteiger partial charge in [-0.1, -0.05) is 48.5 Å². The number of hydrogen-bond acceptors (Lipinski definition) is 3. The second-order valence-electron chi connectivity index (χ2n) is 5.52. The first-order valence-corrected chi connectivity index (χ1v) is 7.03. The fraction of sp³-hybridized carbons (Fsp3) is 0.278. The van der Waals surface area contributed by atoms with Crippen LogP contribution in [-0.4, -0.2) is 11.6 Å². The summed E-state index contributed by atoms with van der Waals surface area (Å²) < 4.78 is 6.01. The highest BCUT2D eigenvalue weighted by atomic mass is 16.5. The largest absolute Gasteiger partial charge is 0.490 e. The lowest BCUT2D eigenvalue weighted by molar-refractivity contribution is 0.192.